The lowest BCUT2D eigenvalue weighted by Crippen LogP contribution is -2.59. The summed E-state index contributed by atoms with van der Waals surface area (Å²) in [6.07, 6.45) is 10.8. The third-order valence-electron chi connectivity index (χ3n) is 5.98. The summed E-state index contributed by atoms with van der Waals surface area (Å²) >= 11 is 0. The first-order valence-electron chi connectivity index (χ1n) is 8.89. The van der Waals surface area contributed by atoms with E-state index in [0.717, 1.165) is 31.5 Å². The zero-order valence-corrected chi connectivity index (χ0v) is 13.1. The van der Waals surface area contributed by atoms with Gasteiger partial charge in [-0.2, -0.15) is 0 Å². The summed E-state index contributed by atoms with van der Waals surface area (Å²) in [4.78, 5) is 2.72. The van der Waals surface area contributed by atoms with Crippen molar-refractivity contribution in [3.8, 4) is 0 Å². The van der Waals surface area contributed by atoms with E-state index in [0.29, 0.717) is 12.5 Å². The van der Waals surface area contributed by atoms with Crippen LogP contribution in [0.1, 0.15) is 58.3 Å². The Morgan fingerprint density at radius 2 is 1.95 bits per heavy atom. The van der Waals surface area contributed by atoms with Gasteiger partial charge in [0.2, 0.25) is 0 Å². The second-order valence-corrected chi connectivity index (χ2v) is 7.39. The van der Waals surface area contributed by atoms with E-state index in [2.05, 4.69) is 17.1 Å². The van der Waals surface area contributed by atoms with E-state index in [1.807, 2.05) is 0 Å². The fourth-order valence-corrected chi connectivity index (χ4v) is 4.64. The maximum absolute atomic E-state index is 10.1. The van der Waals surface area contributed by atoms with Crippen LogP contribution in [0.15, 0.2) is 0 Å². The Bertz CT molecular complexity index is 318. The minimum atomic E-state index is -0.0116. The van der Waals surface area contributed by atoms with Crippen molar-refractivity contribution in [3.63, 3.8) is 0 Å². The fraction of sp³-hybridized carbons (Fsp3) is 1.00. The molecule has 1 aliphatic heterocycles. The molecule has 3 unspecified atom stereocenters. The van der Waals surface area contributed by atoms with E-state index < -0.39 is 0 Å². The summed E-state index contributed by atoms with van der Waals surface area (Å²) < 4.78 is 0. The molecule has 0 aromatic rings. The molecular weight excluding hydrogens is 248 g/mol. The second-order valence-electron chi connectivity index (χ2n) is 7.39. The fourth-order valence-electron chi connectivity index (χ4n) is 4.64. The molecule has 0 aromatic heterocycles. The van der Waals surface area contributed by atoms with Crippen LogP contribution in [0.3, 0.4) is 0 Å². The molecule has 116 valence electrons. The van der Waals surface area contributed by atoms with Crippen molar-refractivity contribution in [2.24, 2.45) is 11.8 Å². The summed E-state index contributed by atoms with van der Waals surface area (Å²) in [5, 5.41) is 13.8. The van der Waals surface area contributed by atoms with Gasteiger partial charge in [0, 0.05) is 12.6 Å². The van der Waals surface area contributed by atoms with Gasteiger partial charge in [-0.1, -0.05) is 19.8 Å². The number of likely N-dealkylation sites (tertiary alicyclic amines) is 1. The maximum Gasteiger partial charge on any atom is 0.0628 e. The predicted molar refractivity (Wildman–Crippen MR) is 82.8 cm³/mol. The third-order valence-corrected chi connectivity index (χ3v) is 5.98. The Kier molecular flexibility index (Phi) is 4.68. The first-order valence-corrected chi connectivity index (χ1v) is 8.89. The van der Waals surface area contributed by atoms with Gasteiger partial charge in [0.25, 0.3) is 0 Å². The van der Waals surface area contributed by atoms with Gasteiger partial charge in [0.1, 0.15) is 0 Å². The second kappa shape index (κ2) is 6.33. The summed E-state index contributed by atoms with van der Waals surface area (Å²) in [6.45, 7) is 5.91. The molecule has 3 atom stereocenters. The molecule has 0 amide bonds. The van der Waals surface area contributed by atoms with Crippen molar-refractivity contribution in [2.75, 3.05) is 26.2 Å². The predicted octanol–water partition coefficient (Wildman–Crippen LogP) is 2.39. The molecule has 1 saturated heterocycles. The number of aliphatic hydroxyl groups is 1. The number of rotatable bonds is 7. The standard InChI is InChI=1S/C17H32N2O/c1-2-10-18-17(13-20,15-7-8-15)12-19-11-9-14-5-3-4-6-16(14)19/h14-16,18,20H,2-13H2,1H3. The Morgan fingerprint density at radius 1 is 1.15 bits per heavy atom. The van der Waals surface area contributed by atoms with Crippen molar-refractivity contribution in [2.45, 2.75) is 69.9 Å². The number of hydrogen-bond donors (Lipinski definition) is 2. The molecule has 0 aromatic carbocycles. The number of nitrogens with one attached hydrogen (secondary N) is 1. The van der Waals surface area contributed by atoms with Crippen LogP contribution in [-0.2, 0) is 0 Å². The zero-order chi connectivity index (χ0) is 14.0. The molecular formula is C17H32N2O. The van der Waals surface area contributed by atoms with Crippen molar-refractivity contribution in [3.05, 3.63) is 0 Å². The zero-order valence-electron chi connectivity index (χ0n) is 13.1. The van der Waals surface area contributed by atoms with Crippen LogP contribution in [0.4, 0.5) is 0 Å². The Morgan fingerprint density at radius 3 is 2.65 bits per heavy atom. The largest absolute Gasteiger partial charge is 0.394 e. The van der Waals surface area contributed by atoms with E-state index in [1.165, 1.54) is 51.5 Å². The number of aliphatic hydroxyl groups excluding tert-OH is 1. The highest BCUT2D eigenvalue weighted by molar-refractivity contribution is 5.05. The van der Waals surface area contributed by atoms with Gasteiger partial charge >= 0.3 is 0 Å². The number of nitrogens with zero attached hydrogens (tertiary/aromatic N) is 1. The van der Waals surface area contributed by atoms with Crippen LogP contribution in [0.5, 0.6) is 0 Å². The monoisotopic (exact) mass is 280 g/mol. The van der Waals surface area contributed by atoms with Crippen LogP contribution >= 0.6 is 0 Å². The molecule has 3 aliphatic rings. The van der Waals surface area contributed by atoms with Gasteiger partial charge in [0.15, 0.2) is 0 Å². The van der Waals surface area contributed by atoms with Crippen LogP contribution in [-0.4, -0.2) is 47.8 Å². The van der Waals surface area contributed by atoms with Crippen LogP contribution in [0, 0.1) is 11.8 Å². The summed E-state index contributed by atoms with van der Waals surface area (Å²) in [5.41, 5.74) is -0.0116. The molecule has 0 spiro atoms. The van der Waals surface area contributed by atoms with Gasteiger partial charge in [-0.3, -0.25) is 4.90 Å². The minimum absolute atomic E-state index is 0.0116. The SMILES string of the molecule is CCCNC(CO)(CN1CCC2CCCCC21)C1CC1. The van der Waals surface area contributed by atoms with E-state index in [1.54, 1.807) is 0 Å². The van der Waals surface area contributed by atoms with Crippen LogP contribution in [0.25, 0.3) is 0 Å². The van der Waals surface area contributed by atoms with Gasteiger partial charge < -0.3 is 10.4 Å². The van der Waals surface area contributed by atoms with Crippen LogP contribution < -0.4 is 5.32 Å². The highest BCUT2D eigenvalue weighted by atomic mass is 16.3. The molecule has 3 fully saturated rings. The molecule has 3 rings (SSSR count). The van der Waals surface area contributed by atoms with E-state index in [9.17, 15) is 5.11 Å². The summed E-state index contributed by atoms with van der Waals surface area (Å²) in [5.74, 6) is 1.66. The molecule has 2 aliphatic carbocycles. The molecule has 1 heterocycles. The van der Waals surface area contributed by atoms with E-state index >= 15 is 0 Å². The van der Waals surface area contributed by atoms with Crippen molar-refractivity contribution >= 4 is 0 Å². The van der Waals surface area contributed by atoms with Gasteiger partial charge in [0.05, 0.1) is 12.1 Å². The van der Waals surface area contributed by atoms with Crippen LogP contribution in [0.2, 0.25) is 0 Å². The third kappa shape index (κ3) is 2.90. The van der Waals surface area contributed by atoms with Crippen molar-refractivity contribution < 1.29 is 5.11 Å². The Labute approximate surface area is 124 Å². The summed E-state index contributed by atoms with van der Waals surface area (Å²) in [7, 11) is 0. The normalized spacial score (nSPS) is 33.9. The average molecular weight is 280 g/mol. The maximum atomic E-state index is 10.1. The first kappa shape index (κ1) is 14.8. The summed E-state index contributed by atoms with van der Waals surface area (Å²) in [6, 6.07) is 0.817. The van der Waals surface area contributed by atoms with Gasteiger partial charge in [-0.15, -0.1) is 0 Å². The highest BCUT2D eigenvalue weighted by Gasteiger charge is 2.47. The molecule has 0 bridgehead atoms. The highest BCUT2D eigenvalue weighted by Crippen LogP contribution is 2.43. The molecule has 3 nitrogen and oxygen atoms in total. The molecule has 2 N–H and O–H groups in total. The topological polar surface area (TPSA) is 35.5 Å². The molecule has 0 radical (unpaired) electrons. The molecule has 2 saturated carbocycles. The molecule has 3 heteroatoms. The smallest absolute Gasteiger partial charge is 0.0628 e. The Hall–Kier alpha value is -0.120. The molecule has 20 heavy (non-hydrogen) atoms. The van der Waals surface area contributed by atoms with E-state index in [-0.39, 0.29) is 5.54 Å². The van der Waals surface area contributed by atoms with Crippen molar-refractivity contribution in [1.82, 2.24) is 10.2 Å². The van der Waals surface area contributed by atoms with Gasteiger partial charge in [-0.25, -0.2) is 0 Å². The quantitative estimate of drug-likeness (QED) is 0.751. The minimum Gasteiger partial charge on any atom is -0.394 e. The number of hydrogen-bond acceptors (Lipinski definition) is 3. The lowest BCUT2D eigenvalue weighted by Gasteiger charge is -2.41. The lowest BCUT2D eigenvalue weighted by molar-refractivity contribution is 0.0726. The lowest BCUT2D eigenvalue weighted by atomic mass is 9.84. The Balaban J connectivity index is 1.66. The van der Waals surface area contributed by atoms with Gasteiger partial charge in [-0.05, 0) is 63.5 Å². The number of fused-ring (bicyclic) bond motifs is 1. The van der Waals surface area contributed by atoms with Crippen molar-refractivity contribution in [1.29, 1.82) is 0 Å². The average Bonchev–Trinajstić information content (AvgIpc) is 3.27. The first-order chi connectivity index (χ1) is 9.79. The van der Waals surface area contributed by atoms with E-state index in [4.69, 9.17) is 0 Å².